The zero-order valence-corrected chi connectivity index (χ0v) is 12.6. The van der Waals surface area contributed by atoms with Crippen molar-refractivity contribution in [2.45, 2.75) is 32.4 Å². The molecule has 19 heavy (non-hydrogen) atoms. The molecule has 0 aliphatic carbocycles. The Morgan fingerprint density at radius 2 is 1.74 bits per heavy atom. The maximum absolute atomic E-state index is 12.0. The highest BCUT2D eigenvalue weighted by Gasteiger charge is 2.23. The summed E-state index contributed by atoms with van der Waals surface area (Å²) in [6, 6.07) is 7.07. The maximum atomic E-state index is 12.0. The molecule has 0 heterocycles. The van der Waals surface area contributed by atoms with Crippen LogP contribution in [0.5, 0.6) is 5.75 Å². The Hall–Kier alpha value is -1.23. The summed E-state index contributed by atoms with van der Waals surface area (Å²) in [5.41, 5.74) is 6.25. The van der Waals surface area contributed by atoms with Gasteiger partial charge >= 0.3 is 0 Å². The number of rotatable bonds is 7. The molecule has 0 bridgehead atoms. The van der Waals surface area contributed by atoms with E-state index in [-0.39, 0.29) is 16.9 Å². The Labute approximate surface area is 115 Å². The molecular formula is C14H23NO3S. The zero-order chi connectivity index (χ0) is 14.5. The minimum Gasteiger partial charge on any atom is -0.494 e. The van der Waals surface area contributed by atoms with Crippen LogP contribution in [0.3, 0.4) is 0 Å². The van der Waals surface area contributed by atoms with Gasteiger partial charge < -0.3 is 10.5 Å². The van der Waals surface area contributed by atoms with Gasteiger partial charge in [-0.3, -0.25) is 0 Å². The average molecular weight is 285 g/mol. The van der Waals surface area contributed by atoms with Gasteiger partial charge in [0.15, 0.2) is 9.84 Å². The lowest BCUT2D eigenvalue weighted by Crippen LogP contribution is -2.26. The fraction of sp³-hybridized carbons (Fsp3) is 0.571. The highest BCUT2D eigenvalue weighted by molar-refractivity contribution is 7.92. The van der Waals surface area contributed by atoms with Crippen molar-refractivity contribution in [3.63, 3.8) is 0 Å². The molecule has 2 N–H and O–H groups in total. The van der Waals surface area contributed by atoms with Crippen LogP contribution >= 0.6 is 0 Å². The fourth-order valence-corrected chi connectivity index (χ4v) is 3.34. The predicted octanol–water partition coefficient (Wildman–Crippen LogP) is 2.50. The number of hydrogen-bond acceptors (Lipinski definition) is 4. The van der Waals surface area contributed by atoms with Crippen LogP contribution in [0.15, 0.2) is 24.3 Å². The molecule has 0 saturated heterocycles. The minimum absolute atomic E-state index is 0.142. The van der Waals surface area contributed by atoms with E-state index in [0.717, 1.165) is 0 Å². The Balaban J connectivity index is 2.37. The van der Waals surface area contributed by atoms with Crippen molar-refractivity contribution in [2.24, 2.45) is 5.92 Å². The smallest absolute Gasteiger partial charge is 0.153 e. The largest absolute Gasteiger partial charge is 0.494 e. The molecule has 0 radical (unpaired) electrons. The summed E-state index contributed by atoms with van der Waals surface area (Å²) in [6.07, 6.45) is 0.504. The van der Waals surface area contributed by atoms with Crippen molar-refractivity contribution in [1.82, 2.24) is 0 Å². The van der Waals surface area contributed by atoms with Gasteiger partial charge in [0.1, 0.15) is 5.75 Å². The third-order valence-electron chi connectivity index (χ3n) is 3.23. The van der Waals surface area contributed by atoms with Crippen LogP contribution in [-0.4, -0.2) is 26.0 Å². The lowest BCUT2D eigenvalue weighted by molar-refractivity contribution is 0.317. The molecule has 1 atom stereocenters. The first-order chi connectivity index (χ1) is 8.83. The van der Waals surface area contributed by atoms with Gasteiger partial charge in [-0.1, -0.05) is 13.8 Å². The molecule has 1 aromatic carbocycles. The Kier molecular flexibility index (Phi) is 5.66. The summed E-state index contributed by atoms with van der Waals surface area (Å²) < 4.78 is 29.4. The van der Waals surface area contributed by atoms with Crippen molar-refractivity contribution in [3.05, 3.63) is 24.3 Å². The molecule has 0 saturated carbocycles. The summed E-state index contributed by atoms with van der Waals surface area (Å²) in [7, 11) is -3.02. The van der Waals surface area contributed by atoms with E-state index in [4.69, 9.17) is 10.5 Å². The molecule has 0 fully saturated rings. The summed E-state index contributed by atoms with van der Waals surface area (Å²) in [4.78, 5) is 0. The van der Waals surface area contributed by atoms with Crippen LogP contribution in [0, 0.1) is 5.92 Å². The third kappa shape index (κ3) is 5.11. The second kappa shape index (κ2) is 6.80. The van der Waals surface area contributed by atoms with E-state index in [1.54, 1.807) is 31.2 Å². The highest BCUT2D eigenvalue weighted by atomic mass is 32.2. The number of sulfone groups is 1. The van der Waals surface area contributed by atoms with Crippen LogP contribution in [0.1, 0.15) is 27.2 Å². The number of anilines is 1. The van der Waals surface area contributed by atoms with Gasteiger partial charge in [0, 0.05) is 5.69 Å². The number of hydrogen-bond donors (Lipinski definition) is 1. The Bertz CT molecular complexity index is 480. The molecule has 0 aromatic heterocycles. The Morgan fingerprint density at radius 1 is 1.16 bits per heavy atom. The molecule has 0 aliphatic heterocycles. The first-order valence-corrected chi connectivity index (χ1v) is 8.24. The normalized spacial score (nSPS) is 13.5. The average Bonchev–Trinajstić information content (AvgIpc) is 2.35. The monoisotopic (exact) mass is 285 g/mol. The summed E-state index contributed by atoms with van der Waals surface area (Å²) in [5.74, 6) is 1.02. The van der Waals surface area contributed by atoms with Crippen molar-refractivity contribution in [1.29, 1.82) is 0 Å². The van der Waals surface area contributed by atoms with E-state index < -0.39 is 9.84 Å². The van der Waals surface area contributed by atoms with Crippen molar-refractivity contribution in [3.8, 4) is 5.75 Å². The van der Waals surface area contributed by atoms with Gasteiger partial charge in [-0.25, -0.2) is 8.42 Å². The Morgan fingerprint density at radius 3 is 2.26 bits per heavy atom. The SMILES string of the molecule is CC(C)C(C)S(=O)(=O)CCCOc1ccc(N)cc1. The van der Waals surface area contributed by atoms with E-state index >= 15 is 0 Å². The highest BCUT2D eigenvalue weighted by Crippen LogP contribution is 2.15. The minimum atomic E-state index is -3.02. The number of benzene rings is 1. The van der Waals surface area contributed by atoms with Crippen molar-refractivity contribution in [2.75, 3.05) is 18.1 Å². The van der Waals surface area contributed by atoms with Gasteiger partial charge in [-0.15, -0.1) is 0 Å². The summed E-state index contributed by atoms with van der Waals surface area (Å²) >= 11 is 0. The lowest BCUT2D eigenvalue weighted by Gasteiger charge is -2.16. The van der Waals surface area contributed by atoms with Crippen LogP contribution < -0.4 is 10.5 Å². The van der Waals surface area contributed by atoms with E-state index in [2.05, 4.69) is 0 Å². The van der Waals surface area contributed by atoms with Gasteiger partial charge in [-0.2, -0.15) is 0 Å². The van der Waals surface area contributed by atoms with Gasteiger partial charge in [0.2, 0.25) is 0 Å². The quantitative estimate of drug-likeness (QED) is 0.617. The molecule has 4 nitrogen and oxygen atoms in total. The molecule has 108 valence electrons. The second-order valence-corrected chi connectivity index (χ2v) is 7.56. The van der Waals surface area contributed by atoms with Crippen molar-refractivity contribution < 1.29 is 13.2 Å². The third-order valence-corrected chi connectivity index (χ3v) is 5.76. The lowest BCUT2D eigenvalue weighted by atomic mass is 10.2. The fourth-order valence-electron chi connectivity index (χ4n) is 1.61. The maximum Gasteiger partial charge on any atom is 0.153 e. The van der Waals surface area contributed by atoms with Crippen molar-refractivity contribution >= 4 is 15.5 Å². The molecule has 1 rings (SSSR count). The number of nitrogen functional groups attached to an aromatic ring is 1. The first-order valence-electron chi connectivity index (χ1n) is 6.53. The van der Waals surface area contributed by atoms with E-state index in [1.165, 1.54) is 0 Å². The van der Waals surface area contributed by atoms with Gasteiger partial charge in [0.25, 0.3) is 0 Å². The summed E-state index contributed by atoms with van der Waals surface area (Å²) in [5, 5.41) is -0.302. The standard InChI is InChI=1S/C14H23NO3S/c1-11(2)12(3)19(16,17)10-4-9-18-14-7-5-13(15)6-8-14/h5-8,11-12H,4,9-10,15H2,1-3H3. The first kappa shape index (κ1) is 15.8. The van der Waals surface area contributed by atoms with E-state index in [0.29, 0.717) is 24.5 Å². The zero-order valence-electron chi connectivity index (χ0n) is 11.8. The van der Waals surface area contributed by atoms with Gasteiger partial charge in [-0.05, 0) is 43.5 Å². The second-order valence-electron chi connectivity index (χ2n) is 5.09. The predicted molar refractivity (Wildman–Crippen MR) is 79.1 cm³/mol. The molecular weight excluding hydrogens is 262 g/mol. The molecule has 0 aliphatic rings. The summed E-state index contributed by atoms with van der Waals surface area (Å²) in [6.45, 7) is 6.01. The van der Waals surface area contributed by atoms with Crippen LogP contribution in [0.4, 0.5) is 5.69 Å². The van der Waals surface area contributed by atoms with E-state index in [9.17, 15) is 8.42 Å². The molecule has 1 unspecified atom stereocenters. The number of ether oxygens (including phenoxy) is 1. The number of nitrogens with two attached hydrogens (primary N) is 1. The molecule has 5 heteroatoms. The molecule has 0 spiro atoms. The molecule has 0 amide bonds. The van der Waals surface area contributed by atoms with Crippen LogP contribution in [0.25, 0.3) is 0 Å². The van der Waals surface area contributed by atoms with Gasteiger partial charge in [0.05, 0.1) is 17.6 Å². The van der Waals surface area contributed by atoms with Crippen LogP contribution in [-0.2, 0) is 9.84 Å². The van der Waals surface area contributed by atoms with Crippen LogP contribution in [0.2, 0.25) is 0 Å². The topological polar surface area (TPSA) is 69.4 Å². The van der Waals surface area contributed by atoms with E-state index in [1.807, 2.05) is 13.8 Å². The molecule has 1 aromatic rings.